The van der Waals surface area contributed by atoms with Gasteiger partial charge in [0.1, 0.15) is 0 Å². The number of fused-ring (bicyclic) bond motifs is 3. The van der Waals surface area contributed by atoms with E-state index in [4.69, 9.17) is 0 Å². The van der Waals surface area contributed by atoms with Crippen molar-refractivity contribution in [3.05, 3.63) is 131 Å². The van der Waals surface area contributed by atoms with Crippen molar-refractivity contribution in [3.63, 3.8) is 0 Å². The summed E-state index contributed by atoms with van der Waals surface area (Å²) in [6.07, 6.45) is 17.1. The molecular formula is C40H35N3S2. The molecule has 0 atom stereocenters. The predicted molar refractivity (Wildman–Crippen MR) is 197 cm³/mol. The quantitative estimate of drug-likeness (QED) is 0.135. The zero-order valence-electron chi connectivity index (χ0n) is 25.4. The van der Waals surface area contributed by atoms with Gasteiger partial charge in [0, 0.05) is 60.3 Å². The van der Waals surface area contributed by atoms with Crippen LogP contribution in [0.3, 0.4) is 0 Å². The monoisotopic (exact) mass is 621 g/mol. The topological polar surface area (TPSA) is 30.7 Å². The van der Waals surface area contributed by atoms with Gasteiger partial charge in [-0.05, 0) is 115 Å². The number of hydrogen-bond donors (Lipinski definition) is 0. The highest BCUT2D eigenvalue weighted by Crippen LogP contribution is 2.38. The van der Waals surface area contributed by atoms with Gasteiger partial charge in [-0.1, -0.05) is 50.5 Å². The second-order valence-corrected chi connectivity index (χ2v) is 13.5. The van der Waals surface area contributed by atoms with E-state index >= 15 is 0 Å². The minimum absolute atomic E-state index is 0.971. The van der Waals surface area contributed by atoms with Gasteiger partial charge in [0.25, 0.3) is 0 Å². The molecule has 5 aromatic heterocycles. The molecule has 0 unspecified atom stereocenters. The summed E-state index contributed by atoms with van der Waals surface area (Å²) in [6, 6.07) is 34.9. The molecule has 0 saturated carbocycles. The van der Waals surface area contributed by atoms with Crippen LogP contribution < -0.4 is 0 Å². The highest BCUT2D eigenvalue weighted by Gasteiger charge is 2.14. The summed E-state index contributed by atoms with van der Waals surface area (Å²) in [6.45, 7) is 3.32. The number of nitrogens with zero attached hydrogens (tertiary/aromatic N) is 3. The summed E-state index contributed by atoms with van der Waals surface area (Å²) in [7, 11) is 0. The van der Waals surface area contributed by atoms with Crippen molar-refractivity contribution in [3.8, 4) is 20.9 Å². The van der Waals surface area contributed by atoms with Gasteiger partial charge in [-0.3, -0.25) is 9.97 Å². The van der Waals surface area contributed by atoms with E-state index in [9.17, 15) is 0 Å². The van der Waals surface area contributed by atoms with Crippen LogP contribution in [0, 0.1) is 0 Å². The van der Waals surface area contributed by atoms with Crippen LogP contribution in [0.25, 0.3) is 67.0 Å². The summed E-state index contributed by atoms with van der Waals surface area (Å²) < 4.78 is 2.54. The maximum Gasteiger partial charge on any atom is 0.0630 e. The molecule has 7 aromatic rings. The Bertz CT molecular complexity index is 1950. The third-order valence-electron chi connectivity index (χ3n) is 8.14. The highest BCUT2D eigenvalue weighted by molar-refractivity contribution is 7.16. The lowest BCUT2D eigenvalue weighted by Crippen LogP contribution is -1.97. The average molecular weight is 622 g/mol. The van der Waals surface area contributed by atoms with E-state index in [0.717, 1.165) is 17.9 Å². The Labute approximate surface area is 272 Å². The lowest BCUT2D eigenvalue weighted by Gasteiger charge is -2.08. The van der Waals surface area contributed by atoms with Crippen molar-refractivity contribution in [2.75, 3.05) is 0 Å². The van der Waals surface area contributed by atoms with Gasteiger partial charge in [0.2, 0.25) is 0 Å². The Kier molecular flexibility index (Phi) is 8.81. The molecule has 0 amide bonds. The minimum Gasteiger partial charge on any atom is -0.340 e. The summed E-state index contributed by atoms with van der Waals surface area (Å²) >= 11 is 3.64. The molecule has 0 saturated heterocycles. The third kappa shape index (κ3) is 6.60. The van der Waals surface area contributed by atoms with Crippen LogP contribution in [0.15, 0.2) is 109 Å². The number of benzene rings is 2. The molecule has 5 heterocycles. The molecule has 5 heteroatoms. The molecular weight excluding hydrogens is 587 g/mol. The number of rotatable bonds is 11. The van der Waals surface area contributed by atoms with E-state index in [2.05, 4.69) is 106 Å². The zero-order chi connectivity index (χ0) is 30.4. The third-order valence-corrected chi connectivity index (χ3v) is 10.3. The van der Waals surface area contributed by atoms with Gasteiger partial charge >= 0.3 is 0 Å². The number of hydrogen-bond acceptors (Lipinski definition) is 4. The van der Waals surface area contributed by atoms with Gasteiger partial charge in [0.05, 0.1) is 11.4 Å². The number of aromatic nitrogens is 3. The van der Waals surface area contributed by atoms with Gasteiger partial charge in [-0.25, -0.2) is 0 Å². The Morgan fingerprint density at radius 3 is 1.62 bits per heavy atom. The van der Waals surface area contributed by atoms with E-state index in [1.54, 1.807) is 0 Å². The molecule has 0 fully saturated rings. The number of aryl methyl sites for hydroxylation is 1. The SMILES string of the molecule is CCCCCCn1c2ccc(-c3ccc(/C=C/c4ccccn4)s3)cc2c2cc(-c3ccc(/C=C/c4ccccn4)s3)ccc21. The molecule has 0 spiro atoms. The van der Waals surface area contributed by atoms with Crippen molar-refractivity contribution in [2.45, 2.75) is 39.2 Å². The van der Waals surface area contributed by atoms with Crippen LogP contribution in [0.2, 0.25) is 0 Å². The maximum absolute atomic E-state index is 4.42. The Hall–Kier alpha value is -4.58. The first-order valence-electron chi connectivity index (χ1n) is 15.7. The van der Waals surface area contributed by atoms with Gasteiger partial charge in [-0.2, -0.15) is 0 Å². The smallest absolute Gasteiger partial charge is 0.0630 e. The van der Waals surface area contributed by atoms with Crippen LogP contribution in [0.1, 0.15) is 53.7 Å². The van der Waals surface area contributed by atoms with E-state index in [1.165, 1.54) is 78.1 Å². The maximum atomic E-state index is 4.42. The molecule has 45 heavy (non-hydrogen) atoms. The lowest BCUT2D eigenvalue weighted by atomic mass is 10.1. The average Bonchev–Trinajstić information content (AvgIpc) is 3.84. The second kappa shape index (κ2) is 13.6. The van der Waals surface area contributed by atoms with Crippen LogP contribution in [0.4, 0.5) is 0 Å². The fourth-order valence-electron chi connectivity index (χ4n) is 5.83. The first-order chi connectivity index (χ1) is 22.2. The molecule has 0 radical (unpaired) electrons. The summed E-state index contributed by atoms with van der Waals surface area (Å²) in [5.74, 6) is 0. The van der Waals surface area contributed by atoms with Crippen molar-refractivity contribution in [1.29, 1.82) is 0 Å². The number of unbranched alkanes of at least 4 members (excludes halogenated alkanes) is 3. The van der Waals surface area contributed by atoms with E-state index in [-0.39, 0.29) is 0 Å². The van der Waals surface area contributed by atoms with Crippen molar-refractivity contribution in [2.24, 2.45) is 0 Å². The standard InChI is InChI=1S/C40H35N3S2/c1-2-3-4-9-26-43-37-20-12-29(39-22-18-33(44-39)16-14-31-10-5-7-24-41-31)27-35(37)36-28-30(13-21-38(36)43)40-23-19-34(45-40)17-15-32-11-6-8-25-42-32/h5-8,10-25,27-28H,2-4,9,26H2,1H3/b16-14+,17-15+. The first-order valence-corrected chi connectivity index (χ1v) is 17.3. The van der Waals surface area contributed by atoms with Crippen molar-refractivity contribution >= 4 is 68.8 Å². The molecule has 0 aliphatic rings. The molecule has 0 aliphatic heterocycles. The Morgan fingerprint density at radius 1 is 0.578 bits per heavy atom. The normalized spacial score (nSPS) is 11.9. The Balaban J connectivity index is 1.23. The number of thiophene rings is 2. The fourth-order valence-corrected chi connectivity index (χ4v) is 7.64. The van der Waals surface area contributed by atoms with Crippen LogP contribution in [-0.2, 0) is 6.54 Å². The minimum atomic E-state index is 0.971. The Morgan fingerprint density at radius 2 is 1.13 bits per heavy atom. The molecule has 3 nitrogen and oxygen atoms in total. The summed E-state index contributed by atoms with van der Waals surface area (Å²) in [5.41, 5.74) is 7.10. The predicted octanol–water partition coefficient (Wildman–Crippen LogP) is 12.0. The van der Waals surface area contributed by atoms with E-state index in [0.29, 0.717) is 0 Å². The fraction of sp³-hybridized carbons (Fsp3) is 0.150. The second-order valence-electron chi connectivity index (χ2n) is 11.3. The molecule has 0 bridgehead atoms. The summed E-state index contributed by atoms with van der Waals surface area (Å²) in [5, 5.41) is 2.65. The highest BCUT2D eigenvalue weighted by atomic mass is 32.1. The van der Waals surface area contributed by atoms with Crippen LogP contribution >= 0.6 is 22.7 Å². The molecule has 7 rings (SSSR count). The number of pyridine rings is 2. The van der Waals surface area contributed by atoms with E-state index in [1.807, 2.05) is 71.5 Å². The molecule has 0 N–H and O–H groups in total. The summed E-state index contributed by atoms with van der Waals surface area (Å²) in [4.78, 5) is 13.8. The molecule has 2 aromatic carbocycles. The van der Waals surface area contributed by atoms with Crippen LogP contribution in [-0.4, -0.2) is 14.5 Å². The molecule has 222 valence electrons. The van der Waals surface area contributed by atoms with Crippen molar-refractivity contribution < 1.29 is 0 Å². The largest absolute Gasteiger partial charge is 0.340 e. The van der Waals surface area contributed by atoms with Gasteiger partial charge < -0.3 is 4.57 Å². The van der Waals surface area contributed by atoms with Crippen LogP contribution in [0.5, 0.6) is 0 Å². The van der Waals surface area contributed by atoms with E-state index < -0.39 is 0 Å². The molecule has 0 aliphatic carbocycles. The zero-order valence-corrected chi connectivity index (χ0v) is 27.0. The van der Waals surface area contributed by atoms with Gasteiger partial charge in [0.15, 0.2) is 0 Å². The van der Waals surface area contributed by atoms with Crippen molar-refractivity contribution in [1.82, 2.24) is 14.5 Å². The van der Waals surface area contributed by atoms with Gasteiger partial charge in [-0.15, -0.1) is 22.7 Å². The first kappa shape index (κ1) is 29.1. The lowest BCUT2D eigenvalue weighted by molar-refractivity contribution is 0.602.